The molecule has 1 N–H and O–H groups in total. The van der Waals surface area contributed by atoms with Gasteiger partial charge in [0.25, 0.3) is 5.69 Å². The molecule has 7 heteroatoms. The normalized spacial score (nSPS) is 18.4. The fourth-order valence-corrected chi connectivity index (χ4v) is 3.03. The monoisotopic (exact) mass is 330 g/mol. The van der Waals surface area contributed by atoms with Crippen molar-refractivity contribution in [3.8, 4) is 11.3 Å². The highest BCUT2D eigenvalue weighted by molar-refractivity contribution is 5.73. The van der Waals surface area contributed by atoms with E-state index in [0.717, 1.165) is 24.9 Å². The molecule has 126 valence electrons. The molecule has 3 rings (SSSR count). The summed E-state index contributed by atoms with van der Waals surface area (Å²) in [6, 6.07) is 9.31. The highest BCUT2D eigenvalue weighted by atomic mass is 16.6. The molecule has 1 saturated heterocycles. The SMILES string of the molecule is O=C(O)C1CCCCN1Cc1ccc(-c2ccc([N+](=O)[O-])cc2)o1. The van der Waals surface area contributed by atoms with E-state index in [1.54, 1.807) is 18.2 Å². The molecule has 1 atom stereocenters. The zero-order valence-corrected chi connectivity index (χ0v) is 13.1. The summed E-state index contributed by atoms with van der Waals surface area (Å²) in [4.78, 5) is 23.5. The lowest BCUT2D eigenvalue weighted by atomic mass is 10.0. The van der Waals surface area contributed by atoms with Gasteiger partial charge in [-0.15, -0.1) is 0 Å². The quantitative estimate of drug-likeness (QED) is 0.667. The molecule has 2 aromatic rings. The number of rotatable bonds is 5. The molecule has 0 spiro atoms. The molecule has 1 aromatic heterocycles. The first-order chi connectivity index (χ1) is 11.5. The molecule has 0 amide bonds. The maximum atomic E-state index is 11.3. The van der Waals surface area contributed by atoms with Gasteiger partial charge in [-0.1, -0.05) is 6.42 Å². The van der Waals surface area contributed by atoms with Crippen LogP contribution in [0.4, 0.5) is 5.69 Å². The number of carbonyl (C=O) groups is 1. The van der Waals surface area contributed by atoms with Gasteiger partial charge in [0, 0.05) is 17.7 Å². The lowest BCUT2D eigenvalue weighted by Crippen LogP contribution is -2.43. The van der Waals surface area contributed by atoms with Crippen LogP contribution in [0.15, 0.2) is 40.8 Å². The molecule has 1 unspecified atom stereocenters. The molecule has 0 saturated carbocycles. The Labute approximate surface area is 138 Å². The Hall–Kier alpha value is -2.67. The number of likely N-dealkylation sites (tertiary alicyclic amines) is 1. The number of nitrogens with zero attached hydrogens (tertiary/aromatic N) is 2. The number of furan rings is 1. The van der Waals surface area contributed by atoms with E-state index < -0.39 is 16.9 Å². The first kappa shape index (κ1) is 16.2. The number of nitro groups is 1. The number of benzene rings is 1. The molecule has 0 bridgehead atoms. The van der Waals surface area contributed by atoms with Crippen LogP contribution in [-0.2, 0) is 11.3 Å². The largest absolute Gasteiger partial charge is 0.480 e. The second-order valence-electron chi connectivity index (χ2n) is 5.89. The topological polar surface area (TPSA) is 96.8 Å². The van der Waals surface area contributed by atoms with Crippen molar-refractivity contribution in [2.24, 2.45) is 0 Å². The van der Waals surface area contributed by atoms with E-state index in [2.05, 4.69) is 0 Å². The standard InChI is InChI=1S/C17H18N2O5/c20-17(21)15-3-1-2-10-18(15)11-14-8-9-16(24-14)12-4-6-13(7-5-12)19(22)23/h4-9,15H,1-3,10-11H2,(H,20,21). The van der Waals surface area contributed by atoms with Crippen molar-refractivity contribution < 1.29 is 19.2 Å². The molecular formula is C17H18N2O5. The minimum absolute atomic E-state index is 0.0307. The maximum Gasteiger partial charge on any atom is 0.320 e. The van der Waals surface area contributed by atoms with Crippen LogP contribution in [0.2, 0.25) is 0 Å². The van der Waals surface area contributed by atoms with E-state index in [-0.39, 0.29) is 5.69 Å². The third kappa shape index (κ3) is 3.46. The maximum absolute atomic E-state index is 11.3. The fourth-order valence-electron chi connectivity index (χ4n) is 3.03. The van der Waals surface area contributed by atoms with Crippen molar-refractivity contribution in [3.63, 3.8) is 0 Å². The molecule has 0 radical (unpaired) electrons. The van der Waals surface area contributed by atoms with Crippen molar-refractivity contribution in [2.75, 3.05) is 6.54 Å². The Morgan fingerprint density at radius 2 is 2.00 bits per heavy atom. The summed E-state index contributed by atoms with van der Waals surface area (Å²) in [5, 5.41) is 20.0. The smallest absolute Gasteiger partial charge is 0.320 e. The van der Waals surface area contributed by atoms with E-state index in [1.165, 1.54) is 12.1 Å². The molecule has 2 heterocycles. The predicted molar refractivity (Wildman–Crippen MR) is 86.5 cm³/mol. The van der Waals surface area contributed by atoms with Crippen molar-refractivity contribution in [3.05, 3.63) is 52.3 Å². The molecule has 0 aliphatic carbocycles. The minimum Gasteiger partial charge on any atom is -0.480 e. The number of hydrogen-bond donors (Lipinski definition) is 1. The number of piperidine rings is 1. The van der Waals surface area contributed by atoms with Gasteiger partial charge in [-0.05, 0) is 43.7 Å². The van der Waals surface area contributed by atoms with Crippen LogP contribution in [0.25, 0.3) is 11.3 Å². The van der Waals surface area contributed by atoms with Crippen LogP contribution in [0.1, 0.15) is 25.0 Å². The number of nitro benzene ring substituents is 1. The first-order valence-electron chi connectivity index (χ1n) is 7.85. The van der Waals surface area contributed by atoms with Crippen LogP contribution in [0, 0.1) is 10.1 Å². The molecule has 7 nitrogen and oxygen atoms in total. The van der Waals surface area contributed by atoms with Gasteiger partial charge < -0.3 is 9.52 Å². The summed E-state index contributed by atoms with van der Waals surface area (Å²) >= 11 is 0. The van der Waals surface area contributed by atoms with Crippen molar-refractivity contribution in [1.82, 2.24) is 4.90 Å². The van der Waals surface area contributed by atoms with Crippen molar-refractivity contribution >= 4 is 11.7 Å². The Bertz CT molecular complexity index is 738. The van der Waals surface area contributed by atoms with Crippen LogP contribution < -0.4 is 0 Å². The molecule has 24 heavy (non-hydrogen) atoms. The van der Waals surface area contributed by atoms with Crippen LogP contribution in [-0.4, -0.2) is 33.5 Å². The first-order valence-corrected chi connectivity index (χ1v) is 7.85. The van der Waals surface area contributed by atoms with Crippen LogP contribution in [0.5, 0.6) is 0 Å². The fraction of sp³-hybridized carbons (Fsp3) is 0.353. The Morgan fingerprint density at radius 3 is 2.67 bits per heavy atom. The Balaban J connectivity index is 1.73. The molecule has 1 fully saturated rings. The summed E-state index contributed by atoms with van der Waals surface area (Å²) in [6.45, 7) is 1.19. The van der Waals surface area contributed by atoms with E-state index in [4.69, 9.17) is 4.42 Å². The van der Waals surface area contributed by atoms with E-state index >= 15 is 0 Å². The lowest BCUT2D eigenvalue weighted by molar-refractivity contribution is -0.384. The van der Waals surface area contributed by atoms with Gasteiger partial charge in [-0.2, -0.15) is 0 Å². The zero-order valence-electron chi connectivity index (χ0n) is 13.1. The second-order valence-corrected chi connectivity index (χ2v) is 5.89. The zero-order chi connectivity index (χ0) is 17.1. The Morgan fingerprint density at radius 1 is 1.25 bits per heavy atom. The highest BCUT2D eigenvalue weighted by Crippen LogP contribution is 2.26. The number of carboxylic acids is 1. The van der Waals surface area contributed by atoms with Gasteiger partial charge in [-0.25, -0.2) is 0 Å². The van der Waals surface area contributed by atoms with E-state index in [0.29, 0.717) is 24.5 Å². The summed E-state index contributed by atoms with van der Waals surface area (Å²) < 4.78 is 5.80. The summed E-state index contributed by atoms with van der Waals surface area (Å²) in [6.07, 6.45) is 2.57. The third-order valence-corrected chi connectivity index (χ3v) is 4.28. The van der Waals surface area contributed by atoms with Gasteiger partial charge in [0.2, 0.25) is 0 Å². The average Bonchev–Trinajstić information content (AvgIpc) is 3.04. The number of hydrogen-bond acceptors (Lipinski definition) is 5. The molecule has 1 aliphatic heterocycles. The number of non-ortho nitro benzene ring substituents is 1. The van der Waals surface area contributed by atoms with Gasteiger partial charge in [0.05, 0.1) is 11.5 Å². The van der Waals surface area contributed by atoms with Gasteiger partial charge in [0.15, 0.2) is 0 Å². The second kappa shape index (κ2) is 6.84. The average molecular weight is 330 g/mol. The molecular weight excluding hydrogens is 312 g/mol. The van der Waals surface area contributed by atoms with Gasteiger partial charge in [0.1, 0.15) is 17.6 Å². The van der Waals surface area contributed by atoms with E-state index in [1.807, 2.05) is 11.0 Å². The molecule has 1 aliphatic rings. The van der Waals surface area contributed by atoms with Crippen LogP contribution in [0.3, 0.4) is 0 Å². The predicted octanol–water partition coefficient (Wildman–Crippen LogP) is 3.29. The van der Waals surface area contributed by atoms with E-state index in [9.17, 15) is 20.0 Å². The summed E-state index contributed by atoms with van der Waals surface area (Å²) in [5.41, 5.74) is 0.781. The Kier molecular flexibility index (Phi) is 4.61. The summed E-state index contributed by atoms with van der Waals surface area (Å²) in [5.74, 6) is 0.511. The third-order valence-electron chi connectivity index (χ3n) is 4.28. The summed E-state index contributed by atoms with van der Waals surface area (Å²) in [7, 11) is 0. The minimum atomic E-state index is -0.795. The van der Waals surface area contributed by atoms with Gasteiger partial charge >= 0.3 is 5.97 Å². The van der Waals surface area contributed by atoms with Crippen LogP contribution >= 0.6 is 0 Å². The van der Waals surface area contributed by atoms with Crippen molar-refractivity contribution in [2.45, 2.75) is 31.8 Å². The van der Waals surface area contributed by atoms with Gasteiger partial charge in [-0.3, -0.25) is 19.8 Å². The number of carboxylic acid groups (broad SMARTS) is 1. The van der Waals surface area contributed by atoms with Crippen molar-refractivity contribution in [1.29, 1.82) is 0 Å². The lowest BCUT2D eigenvalue weighted by Gasteiger charge is -2.31. The highest BCUT2D eigenvalue weighted by Gasteiger charge is 2.28. The molecule has 1 aromatic carbocycles. The number of aliphatic carboxylic acids is 1.